The fourth-order valence-electron chi connectivity index (χ4n) is 1.38. The van der Waals surface area contributed by atoms with Gasteiger partial charge in [-0.1, -0.05) is 0 Å². The van der Waals surface area contributed by atoms with Crippen molar-refractivity contribution in [1.29, 1.82) is 0 Å². The van der Waals surface area contributed by atoms with Crippen LogP contribution in [0, 0.1) is 0 Å². The smallest absolute Gasteiger partial charge is 0.223 e. The number of nitrogens with one attached hydrogen (secondary N) is 1. The zero-order chi connectivity index (χ0) is 12.3. The highest BCUT2D eigenvalue weighted by molar-refractivity contribution is 9.11. The number of nitrogens with two attached hydrogens (primary N) is 2. The second-order valence-electron chi connectivity index (χ2n) is 3.42. The van der Waals surface area contributed by atoms with E-state index in [1.165, 1.54) is 4.88 Å². The fourth-order valence-corrected chi connectivity index (χ4v) is 2.86. The molecule has 2 heterocycles. The van der Waals surface area contributed by atoms with Crippen LogP contribution in [0.4, 0.5) is 17.6 Å². The molecule has 0 aliphatic carbocycles. The van der Waals surface area contributed by atoms with Crippen molar-refractivity contribution in [3.63, 3.8) is 0 Å². The highest BCUT2D eigenvalue weighted by atomic mass is 79.9. The minimum absolute atomic E-state index is 0.186. The van der Waals surface area contributed by atoms with Gasteiger partial charge in [-0.3, -0.25) is 0 Å². The maximum Gasteiger partial charge on any atom is 0.223 e. The van der Waals surface area contributed by atoms with Crippen molar-refractivity contribution in [1.82, 2.24) is 9.97 Å². The molecular formula is C10H12BrN5S. The normalized spacial score (nSPS) is 10.4. The molecule has 0 aliphatic rings. The van der Waals surface area contributed by atoms with Crippen molar-refractivity contribution in [2.24, 2.45) is 0 Å². The Morgan fingerprint density at radius 3 is 2.76 bits per heavy atom. The Bertz CT molecular complexity index is 493. The van der Waals surface area contributed by atoms with Crippen molar-refractivity contribution in [3.8, 4) is 0 Å². The number of hydrogen-bond acceptors (Lipinski definition) is 6. The van der Waals surface area contributed by atoms with Crippen LogP contribution in [0.3, 0.4) is 0 Å². The number of anilines is 3. The average molecular weight is 314 g/mol. The molecule has 2 rings (SSSR count). The van der Waals surface area contributed by atoms with E-state index >= 15 is 0 Å². The molecule has 90 valence electrons. The average Bonchev–Trinajstić information content (AvgIpc) is 2.63. The maximum absolute atomic E-state index is 5.57. The Morgan fingerprint density at radius 2 is 2.12 bits per heavy atom. The number of rotatable bonds is 4. The van der Waals surface area contributed by atoms with Gasteiger partial charge in [0, 0.05) is 17.5 Å². The van der Waals surface area contributed by atoms with Crippen molar-refractivity contribution >= 4 is 44.9 Å². The molecule has 0 atom stereocenters. The Kier molecular flexibility index (Phi) is 3.80. The first-order chi connectivity index (χ1) is 8.13. The number of hydrogen-bond donors (Lipinski definition) is 3. The third-order valence-corrected chi connectivity index (χ3v) is 3.75. The Morgan fingerprint density at radius 1 is 1.29 bits per heavy atom. The fraction of sp³-hybridized carbons (Fsp3) is 0.200. The van der Waals surface area contributed by atoms with E-state index in [0.717, 1.165) is 16.8 Å². The summed E-state index contributed by atoms with van der Waals surface area (Å²) in [5.74, 6) is 1.22. The van der Waals surface area contributed by atoms with Crippen LogP contribution in [-0.4, -0.2) is 16.5 Å². The largest absolute Gasteiger partial charge is 0.383 e. The van der Waals surface area contributed by atoms with Crippen molar-refractivity contribution in [3.05, 3.63) is 26.9 Å². The summed E-state index contributed by atoms with van der Waals surface area (Å²) >= 11 is 5.16. The molecule has 17 heavy (non-hydrogen) atoms. The molecule has 2 aromatic rings. The molecule has 0 aliphatic heterocycles. The standard InChI is InChI=1S/C10H12BrN5S/c11-7-2-1-6(17-7)3-4-14-9-5-8(12)15-10(13)16-9/h1-2,5H,3-4H2,(H5,12,13,14,15,16). The van der Waals surface area contributed by atoms with E-state index in [1.807, 2.05) is 6.07 Å². The van der Waals surface area contributed by atoms with Gasteiger partial charge in [0.15, 0.2) is 0 Å². The molecule has 0 unspecified atom stereocenters. The lowest BCUT2D eigenvalue weighted by molar-refractivity contribution is 1.02. The Hall–Kier alpha value is -1.34. The molecule has 7 heteroatoms. The minimum Gasteiger partial charge on any atom is -0.383 e. The summed E-state index contributed by atoms with van der Waals surface area (Å²) in [6.07, 6.45) is 0.931. The molecule has 5 N–H and O–H groups in total. The summed E-state index contributed by atoms with van der Waals surface area (Å²) in [6.45, 7) is 0.781. The van der Waals surface area contributed by atoms with Gasteiger partial charge < -0.3 is 16.8 Å². The topological polar surface area (TPSA) is 89.8 Å². The van der Waals surface area contributed by atoms with E-state index < -0.39 is 0 Å². The van der Waals surface area contributed by atoms with E-state index in [0.29, 0.717) is 11.6 Å². The lowest BCUT2D eigenvalue weighted by Gasteiger charge is -2.05. The molecule has 5 nitrogen and oxygen atoms in total. The summed E-state index contributed by atoms with van der Waals surface area (Å²) in [4.78, 5) is 9.15. The predicted molar refractivity (Wildman–Crippen MR) is 75.1 cm³/mol. The van der Waals surface area contributed by atoms with Crippen LogP contribution in [0.15, 0.2) is 22.0 Å². The second-order valence-corrected chi connectivity index (χ2v) is 5.97. The van der Waals surface area contributed by atoms with Crippen LogP contribution in [0.5, 0.6) is 0 Å². The summed E-state index contributed by atoms with van der Waals surface area (Å²) in [6, 6.07) is 5.81. The zero-order valence-corrected chi connectivity index (χ0v) is 11.4. The van der Waals surface area contributed by atoms with Crippen LogP contribution in [0.25, 0.3) is 0 Å². The van der Waals surface area contributed by atoms with Gasteiger partial charge in [0.25, 0.3) is 0 Å². The SMILES string of the molecule is Nc1cc(NCCc2ccc(Br)s2)nc(N)n1. The number of nitrogen functional groups attached to an aromatic ring is 2. The van der Waals surface area contributed by atoms with Crippen LogP contribution < -0.4 is 16.8 Å². The molecule has 0 radical (unpaired) electrons. The molecule has 0 bridgehead atoms. The molecule has 0 aromatic carbocycles. The van der Waals surface area contributed by atoms with Gasteiger partial charge in [-0.25, -0.2) is 0 Å². The number of halogens is 1. The third-order valence-electron chi connectivity index (χ3n) is 2.07. The molecule has 0 amide bonds. The number of nitrogens with zero attached hydrogens (tertiary/aromatic N) is 2. The quantitative estimate of drug-likeness (QED) is 0.804. The molecule has 0 fully saturated rings. The van der Waals surface area contributed by atoms with E-state index in [1.54, 1.807) is 17.4 Å². The first-order valence-electron chi connectivity index (χ1n) is 5.01. The van der Waals surface area contributed by atoms with Gasteiger partial charge >= 0.3 is 0 Å². The number of aromatic nitrogens is 2. The molecule has 0 saturated carbocycles. The van der Waals surface area contributed by atoms with Gasteiger partial charge in [0.05, 0.1) is 3.79 Å². The number of thiophene rings is 1. The van der Waals surface area contributed by atoms with Crippen LogP contribution >= 0.6 is 27.3 Å². The van der Waals surface area contributed by atoms with Crippen LogP contribution in [-0.2, 0) is 6.42 Å². The summed E-state index contributed by atoms with van der Waals surface area (Å²) in [7, 11) is 0. The summed E-state index contributed by atoms with van der Waals surface area (Å²) < 4.78 is 1.14. The van der Waals surface area contributed by atoms with Gasteiger partial charge in [0.1, 0.15) is 11.6 Å². The maximum atomic E-state index is 5.57. The van der Waals surface area contributed by atoms with E-state index in [4.69, 9.17) is 11.5 Å². The van der Waals surface area contributed by atoms with Crippen LogP contribution in [0.2, 0.25) is 0 Å². The Balaban J connectivity index is 1.89. The molecular weight excluding hydrogens is 302 g/mol. The summed E-state index contributed by atoms with van der Waals surface area (Å²) in [5, 5.41) is 3.16. The van der Waals surface area contributed by atoms with Crippen molar-refractivity contribution < 1.29 is 0 Å². The van der Waals surface area contributed by atoms with E-state index in [2.05, 4.69) is 37.3 Å². The molecule has 2 aromatic heterocycles. The lowest BCUT2D eigenvalue weighted by atomic mass is 10.3. The highest BCUT2D eigenvalue weighted by Crippen LogP contribution is 2.22. The Labute approximate surface area is 111 Å². The van der Waals surface area contributed by atoms with Gasteiger partial charge in [-0.05, 0) is 34.5 Å². The minimum atomic E-state index is 0.186. The van der Waals surface area contributed by atoms with Gasteiger partial charge in [0.2, 0.25) is 5.95 Å². The summed E-state index contributed by atoms with van der Waals surface area (Å²) in [5.41, 5.74) is 11.1. The van der Waals surface area contributed by atoms with Crippen LogP contribution in [0.1, 0.15) is 4.88 Å². The van der Waals surface area contributed by atoms with Crippen molar-refractivity contribution in [2.45, 2.75) is 6.42 Å². The highest BCUT2D eigenvalue weighted by Gasteiger charge is 2.00. The second kappa shape index (κ2) is 5.33. The van der Waals surface area contributed by atoms with E-state index in [-0.39, 0.29) is 5.95 Å². The first-order valence-corrected chi connectivity index (χ1v) is 6.62. The van der Waals surface area contributed by atoms with Crippen molar-refractivity contribution in [2.75, 3.05) is 23.3 Å². The predicted octanol–water partition coefficient (Wildman–Crippen LogP) is 2.12. The molecule has 0 spiro atoms. The lowest BCUT2D eigenvalue weighted by Crippen LogP contribution is -2.08. The van der Waals surface area contributed by atoms with Gasteiger partial charge in [-0.15, -0.1) is 11.3 Å². The zero-order valence-electron chi connectivity index (χ0n) is 8.98. The first kappa shape index (κ1) is 12.1. The van der Waals surface area contributed by atoms with Gasteiger partial charge in [-0.2, -0.15) is 9.97 Å². The third kappa shape index (κ3) is 3.57. The monoisotopic (exact) mass is 313 g/mol. The van der Waals surface area contributed by atoms with E-state index in [9.17, 15) is 0 Å². The molecule has 0 saturated heterocycles.